The van der Waals surface area contributed by atoms with Crippen molar-refractivity contribution >= 4 is 182 Å². The standard InChI is InChI=1S/C74H57B2I3N4O2/c1-3-5-14-48-22-32-54(33-23-48)80(56-36-26-50(77)27-37-56)59-42-67-73-68(43-59)83(58-40-30-52(79)31-41-58)66-47-70-64(46-63(66)75(73)61-18-10-12-20-65(61)82(67)53-16-8-7-9-17-53)76-62-19-11-13-21-69(62)84-71-44-60(45-72(85-70)74(71)76)81(57-38-28-51(78)29-39-57)55-34-24-49(25-35-55)15-6-4-2/h7-13,16-47H,3-6,14-15H2,1-2H3. The Hall–Kier alpha value is -7.46. The Kier molecular flexibility index (Phi) is 14.5. The summed E-state index contributed by atoms with van der Waals surface area (Å²) in [7, 11) is 0. The van der Waals surface area contributed by atoms with Crippen LogP contribution in [0, 0.1) is 10.7 Å². The zero-order valence-electron chi connectivity index (χ0n) is 47.2. The van der Waals surface area contributed by atoms with Crippen LogP contribution in [0.3, 0.4) is 0 Å². The molecule has 0 fully saturated rings. The average molecular weight is 1440 g/mol. The molecule has 6 nitrogen and oxygen atoms in total. The molecule has 0 radical (unpaired) electrons. The molecule has 0 atom stereocenters. The average Bonchev–Trinajstić information content (AvgIpc) is 0.832. The molecule has 0 bridgehead atoms. The van der Waals surface area contributed by atoms with Crippen molar-refractivity contribution in [2.75, 3.05) is 19.6 Å². The topological polar surface area (TPSA) is 31.4 Å². The maximum absolute atomic E-state index is 7.56. The Balaban J connectivity index is 0.973. The van der Waals surface area contributed by atoms with Crippen LogP contribution in [0.1, 0.15) is 50.7 Å². The summed E-state index contributed by atoms with van der Waals surface area (Å²) in [6.07, 6.45) is 6.76. The number of anilines is 12. The van der Waals surface area contributed by atoms with E-state index < -0.39 is 0 Å². The summed E-state index contributed by atoms with van der Waals surface area (Å²) < 4.78 is 18.2. The Morgan fingerprint density at radius 2 is 0.788 bits per heavy atom. The largest absolute Gasteiger partial charge is 0.458 e. The molecule has 11 heteroatoms. The fourth-order valence-electron chi connectivity index (χ4n) is 13.3. The molecule has 0 aromatic heterocycles. The van der Waals surface area contributed by atoms with Crippen molar-refractivity contribution in [2.24, 2.45) is 0 Å². The molecule has 0 spiro atoms. The van der Waals surface area contributed by atoms with Crippen LogP contribution in [-0.2, 0) is 12.8 Å². The third-order valence-corrected chi connectivity index (χ3v) is 19.4. The minimum Gasteiger partial charge on any atom is -0.458 e. The van der Waals surface area contributed by atoms with Gasteiger partial charge in [-0.2, -0.15) is 0 Å². The molecule has 15 rings (SSSR count). The number of hydrogen-bond donors (Lipinski definition) is 0. The molecule has 4 aliphatic rings. The van der Waals surface area contributed by atoms with Crippen molar-refractivity contribution < 1.29 is 9.47 Å². The van der Waals surface area contributed by atoms with E-state index in [2.05, 4.69) is 338 Å². The Morgan fingerprint density at radius 3 is 1.35 bits per heavy atom. The summed E-state index contributed by atoms with van der Waals surface area (Å²) >= 11 is 7.26. The van der Waals surface area contributed by atoms with Gasteiger partial charge in [0.25, 0.3) is 13.4 Å². The fourth-order valence-corrected chi connectivity index (χ4v) is 14.4. The summed E-state index contributed by atoms with van der Waals surface area (Å²) in [5.74, 6) is 3.26. The summed E-state index contributed by atoms with van der Waals surface area (Å²) in [4.78, 5) is 9.80. The third kappa shape index (κ3) is 9.78. The van der Waals surface area contributed by atoms with E-state index in [0.29, 0.717) is 0 Å². The first kappa shape index (κ1) is 54.2. The van der Waals surface area contributed by atoms with Gasteiger partial charge in [0.2, 0.25) is 0 Å². The van der Waals surface area contributed by atoms with E-state index in [-0.39, 0.29) is 13.4 Å². The number of unbranched alkanes of at least 4 members (excludes halogenated alkanes) is 2. The van der Waals surface area contributed by atoms with Crippen LogP contribution in [0.2, 0.25) is 0 Å². The van der Waals surface area contributed by atoms with Gasteiger partial charge in [-0.25, -0.2) is 0 Å². The number of aryl methyl sites for hydroxylation is 2. The fraction of sp³-hybridized carbons (Fsp3) is 0.108. The molecule has 85 heavy (non-hydrogen) atoms. The molecule has 0 saturated heterocycles. The molecule has 0 aliphatic carbocycles. The Morgan fingerprint density at radius 1 is 0.341 bits per heavy atom. The number of rotatable bonds is 14. The SMILES string of the molecule is CCCCc1ccc(N(c2ccc(I)cc2)c2cc3c4c(c2)Oc2cc5c(cc2B4c2ccccc2O3)B2c3ccccc3N(c3ccccc3)c3cc(N(c4ccc(I)cc4)c4ccc(CCCC)cc4)cc(c32)N5c2ccc(I)cc2)cc1. The summed E-state index contributed by atoms with van der Waals surface area (Å²) in [6.45, 7) is 4.20. The molecule has 0 unspecified atom stereocenters. The van der Waals surface area contributed by atoms with Crippen molar-refractivity contribution in [1.82, 2.24) is 0 Å². The molecule has 412 valence electrons. The number of para-hydroxylation sites is 3. The molecule has 0 saturated carbocycles. The minimum atomic E-state index is -0.173. The quantitative estimate of drug-likeness (QED) is 0.0797. The number of nitrogens with zero attached hydrogens (tertiary/aromatic N) is 4. The number of benzene rings is 11. The van der Waals surface area contributed by atoms with Crippen molar-refractivity contribution in [3.63, 3.8) is 0 Å². The van der Waals surface area contributed by atoms with E-state index in [1.807, 2.05) is 0 Å². The van der Waals surface area contributed by atoms with E-state index in [0.717, 1.165) is 146 Å². The van der Waals surface area contributed by atoms with Crippen LogP contribution in [0.15, 0.2) is 237 Å². The lowest BCUT2D eigenvalue weighted by Crippen LogP contribution is -2.64. The zero-order chi connectivity index (χ0) is 57.3. The number of ether oxygens (including phenoxy) is 2. The van der Waals surface area contributed by atoms with E-state index >= 15 is 0 Å². The summed E-state index contributed by atoms with van der Waals surface area (Å²) in [5, 5.41) is 0. The number of hydrogen-bond acceptors (Lipinski definition) is 6. The Bertz CT molecular complexity index is 4340. The summed E-state index contributed by atoms with van der Waals surface area (Å²) in [6, 6.07) is 87.9. The van der Waals surface area contributed by atoms with Crippen LogP contribution in [0.25, 0.3) is 0 Å². The highest BCUT2D eigenvalue weighted by atomic mass is 127. The van der Waals surface area contributed by atoms with Crippen LogP contribution in [-0.4, -0.2) is 13.4 Å². The van der Waals surface area contributed by atoms with E-state index in [9.17, 15) is 0 Å². The van der Waals surface area contributed by atoms with E-state index in [1.54, 1.807) is 0 Å². The molecule has 11 aromatic rings. The lowest BCUT2D eigenvalue weighted by atomic mass is 9.31. The van der Waals surface area contributed by atoms with Gasteiger partial charge in [0.15, 0.2) is 0 Å². The second-order valence-corrected chi connectivity index (χ2v) is 26.3. The van der Waals surface area contributed by atoms with Crippen LogP contribution < -0.4 is 61.9 Å². The van der Waals surface area contributed by atoms with Gasteiger partial charge in [-0.05, 0) is 265 Å². The second kappa shape index (κ2) is 22.8. The molecule has 4 heterocycles. The molecule has 0 N–H and O–H groups in total. The van der Waals surface area contributed by atoms with E-state index in [4.69, 9.17) is 9.47 Å². The van der Waals surface area contributed by atoms with Gasteiger partial charge < -0.3 is 29.1 Å². The third-order valence-electron chi connectivity index (χ3n) is 17.3. The maximum Gasteiger partial charge on any atom is 0.260 e. The smallest absolute Gasteiger partial charge is 0.260 e. The molecular weight excluding hydrogens is 1380 g/mol. The number of fused-ring (bicyclic) bond motifs is 8. The van der Waals surface area contributed by atoms with Crippen LogP contribution in [0.5, 0.6) is 23.0 Å². The molecule has 4 aliphatic heterocycles. The minimum absolute atomic E-state index is 0.144. The second-order valence-electron chi connectivity index (χ2n) is 22.5. The first-order chi connectivity index (χ1) is 41.8. The zero-order valence-corrected chi connectivity index (χ0v) is 53.6. The first-order valence-electron chi connectivity index (χ1n) is 29.6. The lowest BCUT2D eigenvalue weighted by molar-refractivity contribution is 0.465. The van der Waals surface area contributed by atoms with Crippen LogP contribution in [0.4, 0.5) is 68.2 Å². The molecule has 0 amide bonds. The predicted molar refractivity (Wildman–Crippen MR) is 383 cm³/mol. The van der Waals surface area contributed by atoms with Gasteiger partial charge in [-0.15, -0.1) is 0 Å². The highest BCUT2D eigenvalue weighted by Crippen LogP contribution is 2.50. The van der Waals surface area contributed by atoms with Crippen molar-refractivity contribution in [3.05, 3.63) is 258 Å². The number of halogens is 3. The highest BCUT2D eigenvalue weighted by Gasteiger charge is 2.47. The van der Waals surface area contributed by atoms with Gasteiger partial charge in [0, 0.05) is 91.2 Å². The Labute approximate surface area is 540 Å². The van der Waals surface area contributed by atoms with Gasteiger partial charge in [0.05, 0.1) is 11.4 Å². The molecule has 11 aromatic carbocycles. The predicted octanol–water partition coefficient (Wildman–Crippen LogP) is 17.9. The first-order valence-corrected chi connectivity index (χ1v) is 32.8. The lowest BCUT2D eigenvalue weighted by Gasteiger charge is -2.45. The van der Waals surface area contributed by atoms with E-state index in [1.165, 1.54) is 38.2 Å². The highest BCUT2D eigenvalue weighted by molar-refractivity contribution is 14.1. The maximum atomic E-state index is 7.56. The van der Waals surface area contributed by atoms with Crippen LogP contribution >= 0.6 is 67.8 Å². The van der Waals surface area contributed by atoms with Crippen molar-refractivity contribution in [3.8, 4) is 23.0 Å². The molecular formula is C74H57B2I3N4O2. The van der Waals surface area contributed by atoms with Crippen molar-refractivity contribution in [1.29, 1.82) is 0 Å². The van der Waals surface area contributed by atoms with Crippen molar-refractivity contribution in [2.45, 2.75) is 52.4 Å². The van der Waals surface area contributed by atoms with Gasteiger partial charge in [-0.1, -0.05) is 112 Å². The van der Waals surface area contributed by atoms with Gasteiger partial charge in [-0.3, -0.25) is 0 Å². The summed E-state index contributed by atoms with van der Waals surface area (Å²) in [5.41, 5.74) is 22.7. The normalized spacial score (nSPS) is 12.9. The monoisotopic (exact) mass is 1440 g/mol. The van der Waals surface area contributed by atoms with Gasteiger partial charge in [0.1, 0.15) is 23.0 Å². The van der Waals surface area contributed by atoms with Gasteiger partial charge >= 0.3 is 0 Å².